The van der Waals surface area contributed by atoms with Crippen LogP contribution >= 0.6 is 0 Å². The van der Waals surface area contributed by atoms with Crippen LogP contribution in [0.15, 0.2) is 49.3 Å². The largest absolute Gasteiger partial charge is 0.497 e. The molecule has 0 saturated carbocycles. The first-order valence-corrected chi connectivity index (χ1v) is 7.46. The molecule has 1 atom stereocenters. The summed E-state index contributed by atoms with van der Waals surface area (Å²) in [6.45, 7) is 5.26. The third-order valence-electron chi connectivity index (χ3n) is 3.86. The normalized spacial score (nSPS) is 17.2. The number of ether oxygens (including phenoxy) is 2. The van der Waals surface area contributed by atoms with E-state index in [9.17, 15) is 0 Å². The Kier molecular flexibility index (Phi) is 4.39. The van der Waals surface area contributed by atoms with E-state index in [0.29, 0.717) is 11.8 Å². The summed E-state index contributed by atoms with van der Waals surface area (Å²) in [5.74, 6) is 2.27. The number of nitrogens with zero attached hydrogens (tertiary/aromatic N) is 1. The van der Waals surface area contributed by atoms with Crippen molar-refractivity contribution in [2.75, 3.05) is 13.7 Å². The highest BCUT2D eigenvalue weighted by atomic mass is 16.5. The number of pyridine rings is 1. The number of methoxy groups -OCH3 is 1. The molecule has 0 bridgehead atoms. The second-order valence-electron chi connectivity index (χ2n) is 5.36. The van der Waals surface area contributed by atoms with E-state index in [4.69, 9.17) is 9.47 Å². The molecule has 1 saturated heterocycles. The molecule has 0 unspecified atom stereocenters. The standard InChI is InChI=1S/C18H20N2O2/c1-13(18-4-3-9-20-18)14-10-17(12-19-11-14)22-16-7-5-15(21-2)6-8-16/h5-8,10-12,18,20H,1,3-4,9H2,2H3/t18-/m1/s1. The molecule has 0 aliphatic carbocycles. The van der Waals surface area contributed by atoms with Gasteiger partial charge in [0.25, 0.3) is 0 Å². The lowest BCUT2D eigenvalue weighted by Crippen LogP contribution is -2.22. The van der Waals surface area contributed by atoms with E-state index in [1.807, 2.05) is 36.5 Å². The SMILES string of the molecule is C=C(c1cncc(Oc2ccc(OC)cc2)c1)[C@H]1CCCN1. The Hall–Kier alpha value is -2.33. The molecule has 2 heterocycles. The van der Waals surface area contributed by atoms with E-state index in [-0.39, 0.29) is 0 Å². The fraction of sp³-hybridized carbons (Fsp3) is 0.278. The van der Waals surface area contributed by atoms with E-state index in [1.165, 1.54) is 6.42 Å². The van der Waals surface area contributed by atoms with Crippen LogP contribution in [0.2, 0.25) is 0 Å². The number of aromatic nitrogens is 1. The second-order valence-corrected chi connectivity index (χ2v) is 5.36. The molecule has 1 fully saturated rings. The average molecular weight is 296 g/mol. The van der Waals surface area contributed by atoms with Gasteiger partial charge in [0, 0.05) is 17.8 Å². The van der Waals surface area contributed by atoms with Gasteiger partial charge in [-0.05, 0) is 55.3 Å². The third-order valence-corrected chi connectivity index (χ3v) is 3.86. The van der Waals surface area contributed by atoms with Crippen molar-refractivity contribution in [2.24, 2.45) is 0 Å². The second kappa shape index (κ2) is 6.62. The van der Waals surface area contributed by atoms with Gasteiger partial charge in [0.15, 0.2) is 0 Å². The molecule has 0 amide bonds. The van der Waals surface area contributed by atoms with Gasteiger partial charge in [-0.15, -0.1) is 0 Å². The quantitative estimate of drug-likeness (QED) is 0.914. The molecule has 1 aliphatic heterocycles. The van der Waals surface area contributed by atoms with Gasteiger partial charge in [-0.2, -0.15) is 0 Å². The average Bonchev–Trinajstić information content (AvgIpc) is 3.09. The molecular weight excluding hydrogens is 276 g/mol. The van der Waals surface area contributed by atoms with Crippen LogP contribution in [0.25, 0.3) is 5.57 Å². The number of hydrogen-bond donors (Lipinski definition) is 1. The van der Waals surface area contributed by atoms with Crippen LogP contribution in [-0.2, 0) is 0 Å². The van der Waals surface area contributed by atoms with Crippen molar-refractivity contribution in [1.29, 1.82) is 0 Å². The number of hydrogen-bond acceptors (Lipinski definition) is 4. The Labute approximate surface area is 130 Å². The first kappa shape index (κ1) is 14.6. The van der Waals surface area contributed by atoms with Gasteiger partial charge in [0.1, 0.15) is 17.2 Å². The van der Waals surface area contributed by atoms with Gasteiger partial charge in [-0.1, -0.05) is 6.58 Å². The van der Waals surface area contributed by atoms with Crippen molar-refractivity contribution in [2.45, 2.75) is 18.9 Å². The van der Waals surface area contributed by atoms with E-state index in [2.05, 4.69) is 16.9 Å². The molecule has 4 nitrogen and oxygen atoms in total. The molecule has 1 aromatic heterocycles. The van der Waals surface area contributed by atoms with Crippen LogP contribution in [-0.4, -0.2) is 24.7 Å². The lowest BCUT2D eigenvalue weighted by molar-refractivity contribution is 0.412. The summed E-state index contributed by atoms with van der Waals surface area (Å²) in [5, 5.41) is 3.45. The van der Waals surface area contributed by atoms with Crippen molar-refractivity contribution in [3.63, 3.8) is 0 Å². The van der Waals surface area contributed by atoms with E-state index in [1.54, 1.807) is 13.3 Å². The van der Waals surface area contributed by atoms with Gasteiger partial charge in [-0.25, -0.2) is 0 Å². The van der Waals surface area contributed by atoms with Crippen LogP contribution < -0.4 is 14.8 Å². The zero-order valence-electron chi connectivity index (χ0n) is 12.7. The summed E-state index contributed by atoms with van der Waals surface area (Å²) in [6.07, 6.45) is 5.87. The van der Waals surface area contributed by atoms with E-state index >= 15 is 0 Å². The summed E-state index contributed by atoms with van der Waals surface area (Å²) in [7, 11) is 1.64. The monoisotopic (exact) mass is 296 g/mol. The summed E-state index contributed by atoms with van der Waals surface area (Å²) >= 11 is 0. The van der Waals surface area contributed by atoms with Crippen molar-refractivity contribution in [3.05, 3.63) is 54.9 Å². The van der Waals surface area contributed by atoms with Gasteiger partial charge in [-0.3, -0.25) is 4.98 Å². The van der Waals surface area contributed by atoms with Crippen molar-refractivity contribution >= 4 is 5.57 Å². The number of benzene rings is 1. The van der Waals surface area contributed by atoms with Gasteiger partial charge in [0.2, 0.25) is 0 Å². The van der Waals surface area contributed by atoms with E-state index < -0.39 is 0 Å². The lowest BCUT2D eigenvalue weighted by Gasteiger charge is -2.14. The molecule has 22 heavy (non-hydrogen) atoms. The lowest BCUT2D eigenvalue weighted by atomic mass is 10.0. The topological polar surface area (TPSA) is 43.4 Å². The molecular formula is C18H20N2O2. The minimum Gasteiger partial charge on any atom is -0.497 e. The Morgan fingerprint density at radius 3 is 2.64 bits per heavy atom. The Morgan fingerprint density at radius 1 is 1.18 bits per heavy atom. The van der Waals surface area contributed by atoms with Gasteiger partial charge in [0.05, 0.1) is 13.3 Å². The Morgan fingerprint density at radius 2 is 1.95 bits per heavy atom. The maximum atomic E-state index is 5.85. The Balaban J connectivity index is 1.74. The zero-order valence-corrected chi connectivity index (χ0v) is 12.7. The fourth-order valence-corrected chi connectivity index (χ4v) is 2.61. The number of nitrogens with one attached hydrogen (secondary N) is 1. The fourth-order valence-electron chi connectivity index (χ4n) is 2.61. The molecule has 4 heteroatoms. The predicted molar refractivity (Wildman–Crippen MR) is 87.4 cm³/mol. The number of rotatable bonds is 5. The minimum atomic E-state index is 0.345. The first-order chi connectivity index (χ1) is 10.8. The maximum Gasteiger partial charge on any atom is 0.146 e. The molecule has 114 valence electrons. The van der Waals surface area contributed by atoms with Crippen molar-refractivity contribution in [3.8, 4) is 17.2 Å². The summed E-state index contributed by atoms with van der Waals surface area (Å²) in [4.78, 5) is 4.27. The molecule has 0 spiro atoms. The molecule has 1 aliphatic rings. The van der Waals surface area contributed by atoms with Crippen molar-refractivity contribution < 1.29 is 9.47 Å². The van der Waals surface area contributed by atoms with Crippen molar-refractivity contribution in [1.82, 2.24) is 10.3 Å². The highest BCUT2D eigenvalue weighted by molar-refractivity contribution is 5.68. The van der Waals surface area contributed by atoms with Crippen LogP contribution in [0.4, 0.5) is 0 Å². The summed E-state index contributed by atoms with van der Waals surface area (Å²) in [6, 6.07) is 9.82. The van der Waals surface area contributed by atoms with Crippen LogP contribution in [0, 0.1) is 0 Å². The highest BCUT2D eigenvalue weighted by Gasteiger charge is 2.18. The first-order valence-electron chi connectivity index (χ1n) is 7.46. The van der Waals surface area contributed by atoms with Crippen LogP contribution in [0.1, 0.15) is 18.4 Å². The smallest absolute Gasteiger partial charge is 0.146 e. The molecule has 3 rings (SSSR count). The highest BCUT2D eigenvalue weighted by Crippen LogP contribution is 2.27. The molecule has 1 aromatic carbocycles. The molecule has 2 aromatic rings. The molecule has 0 radical (unpaired) electrons. The zero-order chi connectivity index (χ0) is 15.4. The van der Waals surface area contributed by atoms with Gasteiger partial charge >= 0.3 is 0 Å². The minimum absolute atomic E-state index is 0.345. The third kappa shape index (κ3) is 3.28. The van der Waals surface area contributed by atoms with Crippen LogP contribution in [0.5, 0.6) is 17.2 Å². The predicted octanol–water partition coefficient (Wildman–Crippen LogP) is 3.65. The maximum absolute atomic E-state index is 5.85. The van der Waals surface area contributed by atoms with Crippen LogP contribution in [0.3, 0.4) is 0 Å². The molecule has 1 N–H and O–H groups in total. The summed E-state index contributed by atoms with van der Waals surface area (Å²) in [5.41, 5.74) is 2.09. The van der Waals surface area contributed by atoms with Gasteiger partial charge < -0.3 is 14.8 Å². The summed E-state index contributed by atoms with van der Waals surface area (Å²) < 4.78 is 11.0. The Bertz CT molecular complexity index is 646. The van der Waals surface area contributed by atoms with E-state index in [0.717, 1.165) is 35.6 Å².